The van der Waals surface area contributed by atoms with Crippen LogP contribution >= 0.6 is 0 Å². The molecule has 1 fully saturated rings. The van der Waals surface area contributed by atoms with Crippen LogP contribution in [0.5, 0.6) is 0 Å². The first-order chi connectivity index (χ1) is 12.6. The Hall–Kier alpha value is -2.96. The van der Waals surface area contributed by atoms with E-state index in [-0.39, 0.29) is 12.1 Å². The number of amides is 2. The maximum atomic E-state index is 12.2. The molecule has 0 aliphatic heterocycles. The molecular weight excluding hydrogens is 328 g/mol. The van der Waals surface area contributed by atoms with Crippen LogP contribution in [0.3, 0.4) is 0 Å². The van der Waals surface area contributed by atoms with Crippen LogP contribution in [0.4, 0.5) is 10.6 Å². The number of nitrogens with zero attached hydrogens (tertiary/aromatic N) is 3. The highest BCUT2D eigenvalue weighted by atomic mass is 16.2. The van der Waals surface area contributed by atoms with Crippen molar-refractivity contribution in [2.75, 3.05) is 5.32 Å². The van der Waals surface area contributed by atoms with E-state index in [0.717, 1.165) is 27.9 Å². The Morgan fingerprint density at radius 1 is 1.31 bits per heavy atom. The summed E-state index contributed by atoms with van der Waals surface area (Å²) in [6, 6.07) is 5.66. The molecule has 1 aliphatic carbocycles. The predicted molar refractivity (Wildman–Crippen MR) is 101 cm³/mol. The van der Waals surface area contributed by atoms with E-state index in [4.69, 9.17) is 0 Å². The van der Waals surface area contributed by atoms with Crippen LogP contribution in [0, 0.1) is 12.8 Å². The van der Waals surface area contributed by atoms with Gasteiger partial charge in [-0.3, -0.25) is 15.4 Å². The standard InChI is InChI=1S/C19H22N6O/c1-11-8-14(6-7-20-11)18-15-10-21-17(9-16(15)24-25-18)23-19(26)22-12(2)13-4-3-5-13/h6-10,12-13H,3-5H2,1-2H3,(H,24,25)(H2,21,22,23,26). The van der Waals surface area contributed by atoms with Gasteiger partial charge in [0.05, 0.1) is 5.52 Å². The molecule has 3 N–H and O–H groups in total. The van der Waals surface area contributed by atoms with Crippen molar-refractivity contribution in [1.29, 1.82) is 0 Å². The summed E-state index contributed by atoms with van der Waals surface area (Å²) in [6.45, 7) is 4.00. The first-order valence-electron chi connectivity index (χ1n) is 8.95. The van der Waals surface area contributed by atoms with Gasteiger partial charge in [-0.2, -0.15) is 5.10 Å². The molecule has 1 aliphatic rings. The number of hydrogen-bond acceptors (Lipinski definition) is 4. The number of anilines is 1. The number of hydrogen-bond donors (Lipinski definition) is 3. The number of aromatic amines is 1. The summed E-state index contributed by atoms with van der Waals surface area (Å²) in [4.78, 5) is 20.8. The third-order valence-electron chi connectivity index (χ3n) is 5.07. The monoisotopic (exact) mass is 350 g/mol. The second kappa shape index (κ2) is 6.74. The lowest BCUT2D eigenvalue weighted by molar-refractivity contribution is 0.222. The number of aromatic nitrogens is 4. The molecule has 0 spiro atoms. The maximum Gasteiger partial charge on any atom is 0.320 e. The molecule has 26 heavy (non-hydrogen) atoms. The zero-order valence-electron chi connectivity index (χ0n) is 14.9. The Morgan fingerprint density at radius 3 is 2.88 bits per heavy atom. The number of fused-ring (bicyclic) bond motifs is 1. The van der Waals surface area contributed by atoms with Crippen LogP contribution < -0.4 is 10.6 Å². The Morgan fingerprint density at radius 2 is 2.15 bits per heavy atom. The van der Waals surface area contributed by atoms with Crippen molar-refractivity contribution in [3.63, 3.8) is 0 Å². The van der Waals surface area contributed by atoms with Crippen molar-refractivity contribution in [3.05, 3.63) is 36.3 Å². The Labute approximate surface area is 151 Å². The number of aryl methyl sites for hydroxylation is 1. The number of carbonyl (C=O) groups is 1. The van der Waals surface area contributed by atoms with Gasteiger partial charge in [-0.1, -0.05) is 6.42 Å². The predicted octanol–water partition coefficient (Wildman–Crippen LogP) is 3.64. The molecule has 3 aromatic heterocycles. The van der Waals surface area contributed by atoms with Crippen LogP contribution in [0.25, 0.3) is 22.2 Å². The minimum Gasteiger partial charge on any atom is -0.335 e. The number of carbonyl (C=O) groups excluding carboxylic acids is 1. The molecule has 0 radical (unpaired) electrons. The van der Waals surface area contributed by atoms with Crippen LogP contribution in [-0.2, 0) is 0 Å². The molecule has 3 heterocycles. The van der Waals surface area contributed by atoms with Gasteiger partial charge in [-0.25, -0.2) is 9.78 Å². The third kappa shape index (κ3) is 3.24. The van der Waals surface area contributed by atoms with Crippen LogP contribution in [-0.4, -0.2) is 32.2 Å². The number of rotatable bonds is 4. The van der Waals surface area contributed by atoms with Crippen molar-refractivity contribution in [3.8, 4) is 11.3 Å². The molecule has 134 valence electrons. The van der Waals surface area contributed by atoms with E-state index < -0.39 is 0 Å². The van der Waals surface area contributed by atoms with E-state index in [2.05, 4.69) is 37.7 Å². The minimum atomic E-state index is -0.222. The van der Waals surface area contributed by atoms with Gasteiger partial charge in [0, 0.05) is 41.1 Å². The zero-order chi connectivity index (χ0) is 18.1. The van der Waals surface area contributed by atoms with Gasteiger partial charge in [0.15, 0.2) is 0 Å². The fraction of sp³-hybridized carbons (Fsp3) is 0.368. The molecule has 1 saturated carbocycles. The van der Waals surface area contributed by atoms with E-state index in [1.807, 2.05) is 19.1 Å². The summed E-state index contributed by atoms with van der Waals surface area (Å²) in [5.41, 5.74) is 3.57. The summed E-state index contributed by atoms with van der Waals surface area (Å²) >= 11 is 0. The van der Waals surface area contributed by atoms with Gasteiger partial charge in [-0.05, 0) is 44.7 Å². The smallest absolute Gasteiger partial charge is 0.320 e. The Kier molecular flexibility index (Phi) is 4.28. The fourth-order valence-electron chi connectivity index (χ4n) is 3.31. The summed E-state index contributed by atoms with van der Waals surface area (Å²) in [5.74, 6) is 1.09. The zero-order valence-corrected chi connectivity index (χ0v) is 14.9. The third-order valence-corrected chi connectivity index (χ3v) is 5.07. The highest BCUT2D eigenvalue weighted by Gasteiger charge is 2.25. The van der Waals surface area contributed by atoms with Crippen molar-refractivity contribution in [1.82, 2.24) is 25.5 Å². The number of pyridine rings is 2. The summed E-state index contributed by atoms with van der Waals surface area (Å²) < 4.78 is 0. The van der Waals surface area contributed by atoms with E-state index in [9.17, 15) is 4.79 Å². The molecule has 7 heteroatoms. The lowest BCUT2D eigenvalue weighted by Crippen LogP contribution is -2.42. The van der Waals surface area contributed by atoms with Gasteiger partial charge in [0.25, 0.3) is 0 Å². The normalized spacial score (nSPS) is 15.5. The van der Waals surface area contributed by atoms with Crippen molar-refractivity contribution < 1.29 is 4.79 Å². The van der Waals surface area contributed by atoms with E-state index in [1.165, 1.54) is 19.3 Å². The molecule has 7 nitrogen and oxygen atoms in total. The number of urea groups is 1. The SMILES string of the molecule is Cc1cc(-c2n[nH]c3cc(NC(=O)NC(C)C4CCC4)ncc23)ccn1. The average molecular weight is 350 g/mol. The van der Waals surface area contributed by atoms with E-state index in [1.54, 1.807) is 18.5 Å². The second-order valence-electron chi connectivity index (χ2n) is 6.95. The first-order valence-corrected chi connectivity index (χ1v) is 8.95. The molecule has 0 bridgehead atoms. The highest BCUT2D eigenvalue weighted by molar-refractivity contribution is 5.95. The van der Waals surface area contributed by atoms with Crippen molar-refractivity contribution in [2.45, 2.75) is 39.2 Å². The highest BCUT2D eigenvalue weighted by Crippen LogP contribution is 2.29. The Bertz CT molecular complexity index is 946. The van der Waals surface area contributed by atoms with E-state index >= 15 is 0 Å². The molecule has 3 aromatic rings. The topological polar surface area (TPSA) is 95.6 Å². The number of nitrogens with one attached hydrogen (secondary N) is 3. The Balaban J connectivity index is 1.50. The number of H-pyrrole nitrogens is 1. The van der Waals surface area contributed by atoms with Crippen molar-refractivity contribution in [2.24, 2.45) is 5.92 Å². The summed E-state index contributed by atoms with van der Waals surface area (Å²) in [5, 5.41) is 14.1. The second-order valence-corrected chi connectivity index (χ2v) is 6.95. The molecule has 2 amide bonds. The lowest BCUT2D eigenvalue weighted by Gasteiger charge is -2.31. The molecule has 0 saturated heterocycles. The quantitative estimate of drug-likeness (QED) is 0.669. The van der Waals surface area contributed by atoms with Crippen LogP contribution in [0.2, 0.25) is 0 Å². The first kappa shape index (κ1) is 16.5. The largest absolute Gasteiger partial charge is 0.335 e. The molecule has 4 rings (SSSR count). The molecular formula is C19H22N6O. The maximum absolute atomic E-state index is 12.2. The average Bonchev–Trinajstić information content (AvgIpc) is 2.96. The van der Waals surface area contributed by atoms with Gasteiger partial charge in [0.1, 0.15) is 11.5 Å². The summed E-state index contributed by atoms with van der Waals surface area (Å²) in [6.07, 6.45) is 7.14. The molecule has 0 aromatic carbocycles. The van der Waals surface area contributed by atoms with Gasteiger partial charge >= 0.3 is 6.03 Å². The minimum absolute atomic E-state index is 0.182. The summed E-state index contributed by atoms with van der Waals surface area (Å²) in [7, 11) is 0. The molecule has 1 atom stereocenters. The van der Waals surface area contributed by atoms with Gasteiger partial charge < -0.3 is 5.32 Å². The van der Waals surface area contributed by atoms with Gasteiger partial charge in [-0.15, -0.1) is 0 Å². The fourth-order valence-corrected chi connectivity index (χ4v) is 3.31. The van der Waals surface area contributed by atoms with Gasteiger partial charge in [0.2, 0.25) is 0 Å². The lowest BCUT2D eigenvalue weighted by atomic mass is 9.80. The van der Waals surface area contributed by atoms with E-state index in [0.29, 0.717) is 11.7 Å². The molecule has 1 unspecified atom stereocenters. The van der Waals surface area contributed by atoms with Crippen LogP contribution in [0.15, 0.2) is 30.6 Å². The van der Waals surface area contributed by atoms with Crippen LogP contribution in [0.1, 0.15) is 31.9 Å². The van der Waals surface area contributed by atoms with Crippen molar-refractivity contribution >= 4 is 22.8 Å².